The molecule has 2 aliphatic rings. The molecule has 0 aromatic heterocycles. The van der Waals surface area contributed by atoms with Crippen LogP contribution in [0.2, 0.25) is 0 Å². The number of anilines is 1. The standard InChI is InChI=1S/C24H22N2O2/c1-2-16-6-10-18(11-7-16)20-14-23(28)26(19-12-8-17(15-25)9-13-19)21-4-3-5-22(27)24(20)21/h6-13,20H,2-5,14H2,1H3. The summed E-state index contributed by atoms with van der Waals surface area (Å²) < 4.78 is 0. The number of nitrogens with zero attached hydrogens (tertiary/aromatic N) is 2. The van der Waals surface area contributed by atoms with Crippen molar-refractivity contribution in [3.05, 3.63) is 76.5 Å². The van der Waals surface area contributed by atoms with Gasteiger partial charge < -0.3 is 0 Å². The van der Waals surface area contributed by atoms with Crippen molar-refractivity contribution in [3.8, 4) is 6.07 Å². The van der Waals surface area contributed by atoms with E-state index in [4.69, 9.17) is 5.26 Å². The van der Waals surface area contributed by atoms with Crippen molar-refractivity contribution in [3.63, 3.8) is 0 Å². The number of carbonyl (C=O) groups is 2. The molecule has 0 fully saturated rings. The molecule has 1 atom stereocenters. The Bertz CT molecular complexity index is 994. The zero-order valence-corrected chi connectivity index (χ0v) is 15.9. The van der Waals surface area contributed by atoms with Gasteiger partial charge in [0.25, 0.3) is 0 Å². The average molecular weight is 370 g/mol. The Morgan fingerprint density at radius 2 is 1.75 bits per heavy atom. The summed E-state index contributed by atoms with van der Waals surface area (Å²) in [4.78, 5) is 27.7. The number of ketones is 1. The van der Waals surface area contributed by atoms with Gasteiger partial charge in [-0.2, -0.15) is 5.26 Å². The lowest BCUT2D eigenvalue weighted by molar-refractivity contribution is -0.119. The van der Waals surface area contributed by atoms with Crippen molar-refractivity contribution >= 4 is 17.4 Å². The minimum atomic E-state index is -0.171. The summed E-state index contributed by atoms with van der Waals surface area (Å²) in [6.07, 6.45) is 3.27. The van der Waals surface area contributed by atoms with E-state index in [0.717, 1.165) is 41.8 Å². The van der Waals surface area contributed by atoms with Crippen LogP contribution in [0.4, 0.5) is 5.69 Å². The van der Waals surface area contributed by atoms with Crippen LogP contribution < -0.4 is 4.90 Å². The molecule has 2 aromatic carbocycles. The molecule has 1 unspecified atom stereocenters. The second-order valence-electron chi connectivity index (χ2n) is 7.38. The minimum absolute atomic E-state index is 0.00252. The van der Waals surface area contributed by atoms with Crippen LogP contribution >= 0.6 is 0 Å². The lowest BCUT2D eigenvalue weighted by Crippen LogP contribution is -2.40. The predicted octanol–water partition coefficient (Wildman–Crippen LogP) is 4.65. The third-order valence-electron chi connectivity index (χ3n) is 5.72. The molecule has 2 aromatic rings. The Kier molecular flexibility index (Phi) is 4.83. The van der Waals surface area contributed by atoms with Crippen molar-refractivity contribution in [1.82, 2.24) is 0 Å². The Morgan fingerprint density at radius 3 is 2.39 bits per heavy atom. The van der Waals surface area contributed by atoms with Gasteiger partial charge in [0.15, 0.2) is 5.78 Å². The fourth-order valence-electron chi connectivity index (χ4n) is 4.25. The second-order valence-corrected chi connectivity index (χ2v) is 7.38. The van der Waals surface area contributed by atoms with Crippen molar-refractivity contribution in [1.29, 1.82) is 5.26 Å². The molecule has 1 aliphatic carbocycles. The number of amides is 1. The van der Waals surface area contributed by atoms with E-state index in [1.165, 1.54) is 5.56 Å². The molecule has 4 rings (SSSR count). The van der Waals surface area contributed by atoms with E-state index in [1.807, 2.05) is 0 Å². The summed E-state index contributed by atoms with van der Waals surface area (Å²) in [5.74, 6) is -0.0180. The zero-order chi connectivity index (χ0) is 19.7. The third kappa shape index (κ3) is 3.14. The Labute approximate surface area is 165 Å². The van der Waals surface area contributed by atoms with Gasteiger partial charge >= 0.3 is 0 Å². The van der Waals surface area contributed by atoms with Crippen LogP contribution in [0.3, 0.4) is 0 Å². The minimum Gasteiger partial charge on any atom is -0.294 e. The first-order chi connectivity index (χ1) is 13.6. The molecule has 4 heteroatoms. The molecule has 140 valence electrons. The van der Waals surface area contributed by atoms with E-state index in [2.05, 4.69) is 37.3 Å². The Balaban J connectivity index is 1.80. The monoisotopic (exact) mass is 370 g/mol. The number of allylic oxidation sites excluding steroid dienone is 2. The van der Waals surface area contributed by atoms with E-state index in [-0.39, 0.29) is 24.0 Å². The predicted molar refractivity (Wildman–Crippen MR) is 108 cm³/mol. The summed E-state index contributed by atoms with van der Waals surface area (Å²) in [5.41, 5.74) is 5.19. The summed E-state index contributed by atoms with van der Waals surface area (Å²) in [5, 5.41) is 9.03. The SMILES string of the molecule is CCc1ccc(C2CC(=O)N(c3ccc(C#N)cc3)C3=C2C(=O)CCC3)cc1. The molecule has 1 amide bonds. The van der Waals surface area contributed by atoms with Crippen LogP contribution in [0.25, 0.3) is 0 Å². The van der Waals surface area contributed by atoms with Crippen LogP contribution in [-0.2, 0) is 16.0 Å². The number of benzene rings is 2. The zero-order valence-electron chi connectivity index (χ0n) is 15.9. The highest BCUT2D eigenvalue weighted by Crippen LogP contribution is 2.43. The van der Waals surface area contributed by atoms with Crippen LogP contribution in [0.1, 0.15) is 55.2 Å². The maximum atomic E-state index is 13.1. The molecule has 1 aliphatic heterocycles. The molecule has 28 heavy (non-hydrogen) atoms. The van der Waals surface area contributed by atoms with Gasteiger partial charge in [-0.1, -0.05) is 31.2 Å². The van der Waals surface area contributed by atoms with Gasteiger partial charge in [-0.15, -0.1) is 0 Å². The largest absolute Gasteiger partial charge is 0.294 e. The first kappa shape index (κ1) is 18.2. The van der Waals surface area contributed by atoms with Crippen molar-refractivity contribution in [2.24, 2.45) is 0 Å². The highest BCUT2D eigenvalue weighted by Gasteiger charge is 2.39. The van der Waals surface area contributed by atoms with Gasteiger partial charge in [-0.3, -0.25) is 14.5 Å². The van der Waals surface area contributed by atoms with Crippen molar-refractivity contribution in [2.45, 2.75) is 44.9 Å². The Hall–Kier alpha value is -3.19. The van der Waals surface area contributed by atoms with Crippen LogP contribution in [0.15, 0.2) is 59.8 Å². The normalized spacial score (nSPS) is 19.4. The summed E-state index contributed by atoms with van der Waals surface area (Å²) in [7, 11) is 0. The number of hydrogen-bond acceptors (Lipinski definition) is 3. The van der Waals surface area contributed by atoms with Crippen molar-refractivity contribution in [2.75, 3.05) is 4.90 Å². The maximum absolute atomic E-state index is 13.1. The van der Waals surface area contributed by atoms with Gasteiger partial charge in [0.2, 0.25) is 5.91 Å². The summed E-state index contributed by atoms with van der Waals surface area (Å²) in [6.45, 7) is 2.11. The summed E-state index contributed by atoms with van der Waals surface area (Å²) >= 11 is 0. The highest BCUT2D eigenvalue weighted by atomic mass is 16.2. The molecule has 0 saturated heterocycles. The van der Waals surface area contributed by atoms with E-state index < -0.39 is 0 Å². The number of rotatable bonds is 3. The number of aryl methyl sites for hydroxylation is 1. The van der Waals surface area contributed by atoms with Gasteiger partial charge in [-0.05, 0) is 54.7 Å². The van der Waals surface area contributed by atoms with Gasteiger partial charge in [0.05, 0.1) is 11.6 Å². The lowest BCUT2D eigenvalue weighted by atomic mass is 9.77. The quantitative estimate of drug-likeness (QED) is 0.790. The van der Waals surface area contributed by atoms with E-state index >= 15 is 0 Å². The van der Waals surface area contributed by atoms with Crippen molar-refractivity contribution < 1.29 is 9.59 Å². The number of nitriles is 1. The fraction of sp³-hybridized carbons (Fsp3) is 0.292. The fourth-order valence-corrected chi connectivity index (χ4v) is 4.25. The van der Waals surface area contributed by atoms with Gasteiger partial charge in [0, 0.05) is 35.7 Å². The van der Waals surface area contributed by atoms with Crippen LogP contribution in [0.5, 0.6) is 0 Å². The van der Waals surface area contributed by atoms with Gasteiger partial charge in [-0.25, -0.2) is 0 Å². The highest BCUT2D eigenvalue weighted by molar-refractivity contribution is 6.07. The topological polar surface area (TPSA) is 61.2 Å². The van der Waals surface area contributed by atoms with E-state index in [1.54, 1.807) is 29.2 Å². The molecule has 0 N–H and O–H groups in total. The Morgan fingerprint density at radius 1 is 1.04 bits per heavy atom. The smallest absolute Gasteiger partial charge is 0.232 e. The second kappa shape index (κ2) is 7.44. The summed E-state index contributed by atoms with van der Waals surface area (Å²) in [6, 6.07) is 17.4. The number of hydrogen-bond donors (Lipinski definition) is 0. The van der Waals surface area contributed by atoms with Crippen LogP contribution in [-0.4, -0.2) is 11.7 Å². The molecule has 4 nitrogen and oxygen atoms in total. The molecular weight excluding hydrogens is 348 g/mol. The maximum Gasteiger partial charge on any atom is 0.232 e. The van der Waals surface area contributed by atoms with Gasteiger partial charge in [0.1, 0.15) is 0 Å². The number of carbonyl (C=O) groups excluding carboxylic acids is 2. The van der Waals surface area contributed by atoms with E-state index in [0.29, 0.717) is 12.0 Å². The molecular formula is C24H22N2O2. The molecule has 0 bridgehead atoms. The number of Topliss-reactive ketones (excluding diaryl/α,β-unsaturated/α-hetero) is 1. The first-order valence-electron chi connectivity index (χ1n) is 9.80. The molecule has 1 heterocycles. The first-order valence-corrected chi connectivity index (χ1v) is 9.80. The van der Waals surface area contributed by atoms with Crippen LogP contribution in [0, 0.1) is 11.3 Å². The average Bonchev–Trinajstić information content (AvgIpc) is 2.73. The van der Waals surface area contributed by atoms with E-state index in [9.17, 15) is 9.59 Å². The molecule has 0 saturated carbocycles. The molecule has 0 spiro atoms. The third-order valence-corrected chi connectivity index (χ3v) is 5.72. The lowest BCUT2D eigenvalue weighted by Gasteiger charge is -2.38. The molecule has 0 radical (unpaired) electrons.